The summed E-state index contributed by atoms with van der Waals surface area (Å²) in [5, 5.41) is 3.42. The summed E-state index contributed by atoms with van der Waals surface area (Å²) in [4.78, 5) is 11.8. The van der Waals surface area contributed by atoms with Crippen LogP contribution in [0.5, 0.6) is 0 Å². The maximum absolute atomic E-state index is 11.8. The number of likely N-dealkylation sites (tertiary alicyclic amines) is 1. The second-order valence-corrected chi connectivity index (χ2v) is 8.18. The normalized spacial score (nSPS) is 33.3. The third kappa shape index (κ3) is 3.34. The van der Waals surface area contributed by atoms with Crippen LogP contribution >= 0.6 is 0 Å². The van der Waals surface area contributed by atoms with Crippen molar-refractivity contribution < 1.29 is 14.0 Å². The average molecular weight is 324 g/mol. The number of ether oxygens (including phenoxy) is 1. The molecule has 1 saturated heterocycles. The van der Waals surface area contributed by atoms with E-state index in [9.17, 15) is 4.79 Å². The van der Waals surface area contributed by atoms with Gasteiger partial charge in [0.1, 0.15) is 6.04 Å². The molecule has 1 heterocycles. The topological polar surface area (TPSA) is 38.3 Å². The molecule has 0 bridgehead atoms. The van der Waals surface area contributed by atoms with Gasteiger partial charge in [-0.25, -0.2) is 0 Å². The van der Waals surface area contributed by atoms with E-state index >= 15 is 0 Å². The summed E-state index contributed by atoms with van der Waals surface area (Å²) in [5.74, 6) is 0.351. The molecular formula is C19H35N2O2+. The van der Waals surface area contributed by atoms with E-state index in [1.807, 2.05) is 7.05 Å². The van der Waals surface area contributed by atoms with Crippen LogP contribution in [0.3, 0.4) is 0 Å². The largest absolute Gasteiger partial charge is 0.456 e. The van der Waals surface area contributed by atoms with Gasteiger partial charge < -0.3 is 14.5 Å². The van der Waals surface area contributed by atoms with Crippen LogP contribution in [0.1, 0.15) is 47.0 Å². The van der Waals surface area contributed by atoms with Crippen LogP contribution < -0.4 is 5.32 Å². The summed E-state index contributed by atoms with van der Waals surface area (Å²) >= 11 is 0. The monoisotopic (exact) mass is 323 g/mol. The van der Waals surface area contributed by atoms with Gasteiger partial charge in [0.2, 0.25) is 0 Å². The third-order valence-electron chi connectivity index (χ3n) is 6.54. The second-order valence-electron chi connectivity index (χ2n) is 8.18. The van der Waals surface area contributed by atoms with Crippen molar-refractivity contribution in [3.8, 4) is 0 Å². The van der Waals surface area contributed by atoms with E-state index in [0.717, 1.165) is 17.4 Å². The highest BCUT2D eigenvalue weighted by Crippen LogP contribution is 2.50. The van der Waals surface area contributed by atoms with E-state index in [4.69, 9.17) is 4.74 Å². The van der Waals surface area contributed by atoms with Gasteiger partial charge in [0.05, 0.1) is 19.6 Å². The van der Waals surface area contributed by atoms with Crippen molar-refractivity contribution in [3.63, 3.8) is 0 Å². The molecule has 0 amide bonds. The lowest BCUT2D eigenvalue weighted by atomic mass is 9.76. The Kier molecular flexibility index (Phi) is 5.57. The lowest BCUT2D eigenvalue weighted by Crippen LogP contribution is -2.58. The van der Waals surface area contributed by atoms with Gasteiger partial charge in [0.15, 0.2) is 6.10 Å². The first-order valence-corrected chi connectivity index (χ1v) is 9.09. The molecule has 1 saturated carbocycles. The van der Waals surface area contributed by atoms with Crippen molar-refractivity contribution in [2.24, 2.45) is 11.3 Å². The standard InChI is InChI=1S/C19H35N2O2/c1-7-10-21(11-8-9-12-21)17-13-16(14(2)20-6)19(4,5)18(17)23-15(3)22/h7,14,16-18,20H,1,8-13H2,2-6H3/q+1. The highest BCUT2D eigenvalue weighted by atomic mass is 16.5. The molecular weight excluding hydrogens is 288 g/mol. The predicted octanol–water partition coefficient (Wildman–Crippen LogP) is 2.74. The molecule has 1 aliphatic carbocycles. The van der Waals surface area contributed by atoms with Crippen molar-refractivity contribution in [2.75, 3.05) is 26.7 Å². The van der Waals surface area contributed by atoms with Gasteiger partial charge in [-0.1, -0.05) is 20.4 Å². The number of hydrogen-bond donors (Lipinski definition) is 1. The molecule has 2 fully saturated rings. The molecule has 0 radical (unpaired) electrons. The summed E-state index contributed by atoms with van der Waals surface area (Å²) in [6, 6.07) is 0.801. The van der Waals surface area contributed by atoms with E-state index in [0.29, 0.717) is 18.0 Å². The highest BCUT2D eigenvalue weighted by Gasteiger charge is 2.60. The zero-order chi connectivity index (χ0) is 17.3. The molecule has 2 rings (SSSR count). The molecule has 23 heavy (non-hydrogen) atoms. The smallest absolute Gasteiger partial charge is 0.303 e. The van der Waals surface area contributed by atoms with E-state index < -0.39 is 0 Å². The van der Waals surface area contributed by atoms with Crippen LogP contribution in [0.4, 0.5) is 0 Å². The Bertz CT molecular complexity index is 441. The number of carbonyl (C=O) groups excluding carboxylic acids is 1. The van der Waals surface area contributed by atoms with E-state index in [2.05, 4.69) is 38.7 Å². The minimum Gasteiger partial charge on any atom is -0.456 e. The number of rotatable bonds is 6. The fourth-order valence-electron chi connectivity index (χ4n) is 5.24. The molecule has 0 aromatic heterocycles. The Morgan fingerprint density at radius 1 is 1.43 bits per heavy atom. The third-order valence-corrected chi connectivity index (χ3v) is 6.54. The van der Waals surface area contributed by atoms with Crippen LogP contribution in [0, 0.1) is 11.3 Å². The number of hydrogen-bond acceptors (Lipinski definition) is 3. The first-order valence-electron chi connectivity index (χ1n) is 9.09. The zero-order valence-electron chi connectivity index (χ0n) is 15.6. The van der Waals surface area contributed by atoms with Gasteiger partial charge >= 0.3 is 5.97 Å². The molecule has 4 atom stereocenters. The maximum atomic E-state index is 11.8. The minimum absolute atomic E-state index is 0.0150. The lowest BCUT2D eigenvalue weighted by Gasteiger charge is -2.43. The Morgan fingerprint density at radius 3 is 2.52 bits per heavy atom. The van der Waals surface area contributed by atoms with Gasteiger partial charge in [0.25, 0.3) is 0 Å². The first-order chi connectivity index (χ1) is 10.8. The molecule has 0 spiro atoms. The molecule has 4 heteroatoms. The van der Waals surface area contributed by atoms with E-state index in [1.165, 1.54) is 25.9 Å². The average Bonchev–Trinajstić information content (AvgIpc) is 3.03. The van der Waals surface area contributed by atoms with Gasteiger partial charge in [0, 0.05) is 37.6 Å². The Morgan fingerprint density at radius 2 is 2.04 bits per heavy atom. The Hall–Kier alpha value is -0.870. The number of carbonyl (C=O) groups is 1. The van der Waals surface area contributed by atoms with Crippen molar-refractivity contribution in [1.82, 2.24) is 5.32 Å². The van der Waals surface area contributed by atoms with Gasteiger partial charge in [-0.2, -0.15) is 0 Å². The fourth-order valence-corrected chi connectivity index (χ4v) is 5.24. The van der Waals surface area contributed by atoms with Crippen molar-refractivity contribution in [1.29, 1.82) is 0 Å². The lowest BCUT2D eigenvalue weighted by molar-refractivity contribution is -0.937. The van der Waals surface area contributed by atoms with Crippen molar-refractivity contribution in [2.45, 2.75) is 65.1 Å². The molecule has 1 aliphatic heterocycles. The van der Waals surface area contributed by atoms with Crippen LogP contribution in [-0.4, -0.2) is 55.3 Å². The number of quaternary nitrogens is 1. The molecule has 0 aromatic rings. The van der Waals surface area contributed by atoms with Crippen molar-refractivity contribution >= 4 is 5.97 Å². The summed E-state index contributed by atoms with van der Waals surface area (Å²) < 4.78 is 6.98. The molecule has 1 N–H and O–H groups in total. The quantitative estimate of drug-likeness (QED) is 0.464. The molecule has 4 unspecified atom stereocenters. The molecule has 4 nitrogen and oxygen atoms in total. The van der Waals surface area contributed by atoms with Gasteiger partial charge in [-0.15, -0.1) is 0 Å². The summed E-state index contributed by atoms with van der Waals surface area (Å²) in [7, 11) is 2.03. The summed E-state index contributed by atoms with van der Waals surface area (Å²) in [6.45, 7) is 15.7. The fraction of sp³-hybridized carbons (Fsp3) is 0.842. The van der Waals surface area contributed by atoms with Gasteiger partial charge in [-0.3, -0.25) is 4.79 Å². The highest BCUT2D eigenvalue weighted by molar-refractivity contribution is 5.66. The maximum Gasteiger partial charge on any atom is 0.303 e. The van der Waals surface area contributed by atoms with Crippen molar-refractivity contribution in [3.05, 3.63) is 12.7 Å². The number of esters is 1. The SMILES string of the molecule is C=CC[N+]1(C2CC(C(C)NC)C(C)(C)C2OC(C)=O)CCCC1. The van der Waals surface area contributed by atoms with Crippen LogP contribution in [0.15, 0.2) is 12.7 Å². The van der Waals surface area contributed by atoms with Gasteiger partial charge in [-0.05, 0) is 26.0 Å². The van der Waals surface area contributed by atoms with Crippen LogP contribution in [-0.2, 0) is 9.53 Å². The number of nitrogens with zero attached hydrogens (tertiary/aromatic N) is 1. The van der Waals surface area contributed by atoms with Crippen LogP contribution in [0.2, 0.25) is 0 Å². The zero-order valence-corrected chi connectivity index (χ0v) is 15.6. The Labute approximate surface area is 141 Å². The van der Waals surface area contributed by atoms with E-state index in [-0.39, 0.29) is 17.5 Å². The summed E-state index contributed by atoms with van der Waals surface area (Å²) in [5.41, 5.74) is -0.0201. The summed E-state index contributed by atoms with van der Waals surface area (Å²) in [6.07, 6.45) is 5.69. The molecule has 132 valence electrons. The Balaban J connectivity index is 2.38. The predicted molar refractivity (Wildman–Crippen MR) is 94.0 cm³/mol. The van der Waals surface area contributed by atoms with E-state index in [1.54, 1.807) is 6.92 Å². The molecule has 0 aromatic carbocycles. The number of nitrogens with one attached hydrogen (secondary N) is 1. The van der Waals surface area contributed by atoms with Crippen LogP contribution in [0.25, 0.3) is 0 Å². The molecule has 2 aliphatic rings. The second kappa shape index (κ2) is 6.94. The minimum atomic E-state index is -0.151. The first kappa shape index (κ1) is 18.5.